The van der Waals surface area contributed by atoms with Gasteiger partial charge in [0.25, 0.3) is 0 Å². The molecule has 0 aliphatic carbocycles. The first-order valence-electron chi connectivity index (χ1n) is 5.67. The number of hydrogen-bond donors (Lipinski definition) is 2. The molecule has 2 N–H and O–H groups in total. The van der Waals surface area contributed by atoms with Gasteiger partial charge in [-0.3, -0.25) is 0 Å². The van der Waals surface area contributed by atoms with Crippen LogP contribution in [0.15, 0.2) is 22.7 Å². The van der Waals surface area contributed by atoms with Crippen LogP contribution >= 0.6 is 0 Å². The first-order valence-corrected chi connectivity index (χ1v) is 5.67. The molecule has 1 saturated heterocycles. The number of alkyl halides is 1. The van der Waals surface area contributed by atoms with Gasteiger partial charge in [-0.15, -0.1) is 0 Å². The average molecular weight is 246 g/mol. The van der Waals surface area contributed by atoms with Crippen molar-refractivity contribution in [3.63, 3.8) is 0 Å². The fourth-order valence-electron chi connectivity index (χ4n) is 2.06. The molecule has 0 spiro atoms. The van der Waals surface area contributed by atoms with Gasteiger partial charge in [-0.2, -0.15) is 5.26 Å². The van der Waals surface area contributed by atoms with E-state index in [1.807, 2.05) is 6.07 Å². The minimum atomic E-state index is -0.915. The highest BCUT2D eigenvalue weighted by molar-refractivity contribution is 5.80. The van der Waals surface area contributed by atoms with Crippen LogP contribution in [-0.2, 0) is 0 Å². The molecule has 3 heterocycles. The quantitative estimate of drug-likeness (QED) is 0.838. The number of pyridine rings is 1. The predicted molar refractivity (Wildman–Crippen MR) is 63.9 cm³/mol. The smallest absolute Gasteiger partial charge is 0.204 e. The van der Waals surface area contributed by atoms with Crippen molar-refractivity contribution < 1.29 is 8.81 Å². The monoisotopic (exact) mass is 246 g/mol. The molecule has 92 valence electrons. The summed E-state index contributed by atoms with van der Waals surface area (Å²) in [5, 5.41) is 15.5. The second kappa shape index (κ2) is 4.27. The molecule has 2 aromatic rings. The van der Waals surface area contributed by atoms with E-state index in [4.69, 9.17) is 9.68 Å². The van der Waals surface area contributed by atoms with Crippen molar-refractivity contribution in [2.45, 2.75) is 12.2 Å². The minimum Gasteiger partial charge on any atom is -0.444 e. The van der Waals surface area contributed by atoms with Crippen molar-refractivity contribution in [2.24, 2.45) is 0 Å². The van der Waals surface area contributed by atoms with Crippen LogP contribution in [0.25, 0.3) is 11.0 Å². The third-order valence-corrected chi connectivity index (χ3v) is 2.99. The normalized spacial score (nSPS) is 23.1. The largest absolute Gasteiger partial charge is 0.444 e. The van der Waals surface area contributed by atoms with E-state index in [1.54, 1.807) is 12.1 Å². The molecule has 5 nitrogen and oxygen atoms in total. The van der Waals surface area contributed by atoms with Crippen LogP contribution in [0, 0.1) is 11.3 Å². The molecule has 18 heavy (non-hydrogen) atoms. The number of halogens is 1. The number of nitrogens with zero attached hydrogens (tertiary/aromatic N) is 2. The Morgan fingerprint density at radius 3 is 3.11 bits per heavy atom. The lowest BCUT2D eigenvalue weighted by Gasteiger charge is -2.14. The number of hydrogen-bond acceptors (Lipinski definition) is 5. The molecule has 3 rings (SSSR count). The van der Waals surface area contributed by atoms with Gasteiger partial charge in [0.15, 0.2) is 5.58 Å². The summed E-state index contributed by atoms with van der Waals surface area (Å²) in [5.41, 5.74) is 0.554. The summed E-state index contributed by atoms with van der Waals surface area (Å²) in [6.07, 6.45) is 0.621. The van der Waals surface area contributed by atoms with Gasteiger partial charge in [0.05, 0.1) is 12.2 Å². The van der Waals surface area contributed by atoms with Crippen molar-refractivity contribution in [3.8, 4) is 6.07 Å². The summed E-state index contributed by atoms with van der Waals surface area (Å²) >= 11 is 0. The van der Waals surface area contributed by atoms with Crippen LogP contribution in [0.2, 0.25) is 0 Å². The van der Waals surface area contributed by atoms with Crippen LogP contribution in [0.1, 0.15) is 5.76 Å². The Kier molecular flexibility index (Phi) is 2.61. The van der Waals surface area contributed by atoms with Gasteiger partial charge in [-0.1, -0.05) is 0 Å². The Morgan fingerprint density at radius 2 is 2.39 bits per heavy atom. The number of anilines is 1. The average Bonchev–Trinajstić information content (AvgIpc) is 2.95. The first kappa shape index (κ1) is 11.0. The van der Waals surface area contributed by atoms with E-state index in [9.17, 15) is 4.39 Å². The standard InChI is InChI=1S/C12H11FN4O/c13-9-4-15-5-10(9)17-12-2-7-1-8(3-14)18-11(7)6-16-12/h1-2,6,9-10,15H,4-5H2,(H,16,17)/t9-,10-/m0/s1. The lowest BCUT2D eigenvalue weighted by molar-refractivity contribution is 0.342. The summed E-state index contributed by atoms with van der Waals surface area (Å²) in [5.74, 6) is 0.832. The Morgan fingerprint density at radius 1 is 1.50 bits per heavy atom. The van der Waals surface area contributed by atoms with Gasteiger partial charge in [-0.25, -0.2) is 9.37 Å². The topological polar surface area (TPSA) is 73.9 Å². The second-order valence-corrected chi connectivity index (χ2v) is 4.25. The molecule has 1 aliphatic heterocycles. The van der Waals surface area contributed by atoms with E-state index in [0.717, 1.165) is 5.39 Å². The molecule has 0 amide bonds. The van der Waals surface area contributed by atoms with Gasteiger partial charge in [0.1, 0.15) is 18.1 Å². The molecule has 0 aromatic carbocycles. The van der Waals surface area contributed by atoms with E-state index in [-0.39, 0.29) is 11.8 Å². The molecular formula is C12H11FN4O. The molecule has 1 fully saturated rings. The maximum atomic E-state index is 13.4. The number of rotatable bonds is 2. The lowest BCUT2D eigenvalue weighted by Crippen LogP contribution is -2.29. The number of nitriles is 1. The van der Waals surface area contributed by atoms with Gasteiger partial charge < -0.3 is 15.1 Å². The Hall–Kier alpha value is -2.13. The number of nitrogens with one attached hydrogen (secondary N) is 2. The van der Waals surface area contributed by atoms with E-state index < -0.39 is 6.17 Å². The number of aromatic nitrogens is 1. The van der Waals surface area contributed by atoms with Gasteiger partial charge >= 0.3 is 0 Å². The molecular weight excluding hydrogens is 235 g/mol. The Labute approximate surface area is 103 Å². The third-order valence-electron chi connectivity index (χ3n) is 2.99. The number of furan rings is 1. The van der Waals surface area contributed by atoms with Crippen molar-refractivity contribution in [1.82, 2.24) is 10.3 Å². The highest BCUT2D eigenvalue weighted by Crippen LogP contribution is 2.21. The van der Waals surface area contributed by atoms with E-state index >= 15 is 0 Å². The fourth-order valence-corrected chi connectivity index (χ4v) is 2.06. The van der Waals surface area contributed by atoms with Crippen molar-refractivity contribution in [3.05, 3.63) is 24.1 Å². The fraction of sp³-hybridized carbons (Fsp3) is 0.333. The van der Waals surface area contributed by atoms with Gasteiger partial charge in [0, 0.05) is 24.5 Å². The zero-order valence-electron chi connectivity index (χ0n) is 9.48. The number of fused-ring (bicyclic) bond motifs is 1. The summed E-state index contributed by atoms with van der Waals surface area (Å²) < 4.78 is 18.7. The third kappa shape index (κ3) is 1.89. The Balaban J connectivity index is 1.86. The van der Waals surface area contributed by atoms with E-state index in [0.29, 0.717) is 24.5 Å². The highest BCUT2D eigenvalue weighted by Gasteiger charge is 2.26. The van der Waals surface area contributed by atoms with Crippen molar-refractivity contribution >= 4 is 16.8 Å². The maximum absolute atomic E-state index is 13.4. The van der Waals surface area contributed by atoms with Crippen LogP contribution in [0.5, 0.6) is 0 Å². The zero-order chi connectivity index (χ0) is 12.5. The summed E-state index contributed by atoms with van der Waals surface area (Å²) in [7, 11) is 0. The predicted octanol–water partition coefficient (Wildman–Crippen LogP) is 1.42. The molecule has 0 unspecified atom stereocenters. The van der Waals surface area contributed by atoms with Crippen LogP contribution in [0.3, 0.4) is 0 Å². The Bertz CT molecular complexity index is 618. The first-order chi connectivity index (χ1) is 8.76. The minimum absolute atomic E-state index is 0.245. The highest BCUT2D eigenvalue weighted by atomic mass is 19.1. The molecule has 0 saturated carbocycles. The summed E-state index contributed by atoms with van der Waals surface area (Å²) in [4.78, 5) is 4.14. The van der Waals surface area contributed by atoms with Crippen molar-refractivity contribution in [1.29, 1.82) is 5.26 Å². The zero-order valence-corrected chi connectivity index (χ0v) is 9.48. The lowest BCUT2D eigenvalue weighted by atomic mass is 10.2. The molecule has 2 atom stereocenters. The van der Waals surface area contributed by atoms with Gasteiger partial charge in [-0.05, 0) is 6.07 Å². The molecule has 1 aliphatic rings. The van der Waals surface area contributed by atoms with E-state index in [2.05, 4.69) is 15.6 Å². The maximum Gasteiger partial charge on any atom is 0.204 e. The molecule has 2 aromatic heterocycles. The summed E-state index contributed by atoms with van der Waals surface area (Å²) in [6.45, 7) is 0.944. The second-order valence-electron chi connectivity index (χ2n) is 4.25. The molecule has 0 bridgehead atoms. The SMILES string of the molecule is N#Cc1cc2cc(N[C@H]3CNC[C@@H]3F)ncc2o1. The van der Waals surface area contributed by atoms with Crippen molar-refractivity contribution in [2.75, 3.05) is 18.4 Å². The molecule has 0 radical (unpaired) electrons. The van der Waals surface area contributed by atoms with E-state index in [1.165, 1.54) is 6.20 Å². The van der Waals surface area contributed by atoms with Crippen LogP contribution in [-0.4, -0.2) is 30.3 Å². The van der Waals surface area contributed by atoms with Crippen LogP contribution in [0.4, 0.5) is 10.2 Å². The van der Waals surface area contributed by atoms with Gasteiger partial charge in [0.2, 0.25) is 5.76 Å². The summed E-state index contributed by atoms with van der Waals surface area (Å²) in [6, 6.07) is 5.06. The van der Waals surface area contributed by atoms with Crippen LogP contribution < -0.4 is 10.6 Å². The molecule has 6 heteroatoms.